The molecule has 0 amide bonds. The molecule has 1 aliphatic carbocycles. The number of thiol groups is 1. The summed E-state index contributed by atoms with van der Waals surface area (Å²) in [6.45, 7) is 0.910. The molecule has 0 radical (unpaired) electrons. The van der Waals surface area contributed by atoms with E-state index in [1.165, 1.54) is 37.7 Å². The molecule has 0 aromatic heterocycles. The van der Waals surface area contributed by atoms with Crippen molar-refractivity contribution in [3.63, 3.8) is 0 Å². The van der Waals surface area contributed by atoms with Gasteiger partial charge in [-0.15, -0.1) is 0 Å². The highest BCUT2D eigenvalue weighted by molar-refractivity contribution is 9.10. The van der Waals surface area contributed by atoms with Crippen LogP contribution in [0.15, 0.2) is 22.7 Å². The van der Waals surface area contributed by atoms with Gasteiger partial charge in [0, 0.05) is 22.7 Å². The van der Waals surface area contributed by atoms with Gasteiger partial charge in [0.1, 0.15) is 0 Å². The van der Waals surface area contributed by atoms with Gasteiger partial charge in [-0.3, -0.25) is 0 Å². The molecule has 1 saturated carbocycles. The predicted octanol–water partition coefficient (Wildman–Crippen LogP) is 4.13. The van der Waals surface area contributed by atoms with E-state index in [1.807, 2.05) is 6.07 Å². The van der Waals surface area contributed by atoms with E-state index in [2.05, 4.69) is 50.9 Å². The lowest BCUT2D eigenvalue weighted by molar-refractivity contribution is 0.372. The monoisotopic (exact) mass is 314 g/mol. The fraction of sp³-hybridized carbons (Fsp3) is 0.538. The van der Waals surface area contributed by atoms with Gasteiger partial charge in [0.25, 0.3) is 0 Å². The van der Waals surface area contributed by atoms with Crippen LogP contribution >= 0.6 is 28.7 Å². The van der Waals surface area contributed by atoms with Crippen LogP contribution in [-0.2, 0) is 6.54 Å². The topological polar surface area (TPSA) is 24.1 Å². The Labute approximate surface area is 117 Å². The smallest absolute Gasteiger partial charge is 0.0483 e. The molecule has 0 aliphatic heterocycles. The normalized spacial score (nSPS) is 17.1. The third-order valence-electron chi connectivity index (χ3n) is 3.37. The van der Waals surface area contributed by atoms with Gasteiger partial charge in [-0.2, -0.15) is 0 Å². The highest BCUT2D eigenvalue weighted by atomic mass is 79.9. The highest BCUT2D eigenvalue weighted by Gasteiger charge is 2.13. The molecular weight excluding hydrogens is 296 g/mol. The molecule has 94 valence electrons. The van der Waals surface area contributed by atoms with Crippen LogP contribution in [0.25, 0.3) is 0 Å². The molecule has 17 heavy (non-hydrogen) atoms. The van der Waals surface area contributed by atoms with Gasteiger partial charge in [0.2, 0.25) is 0 Å². The van der Waals surface area contributed by atoms with Crippen LogP contribution < -0.4 is 10.0 Å². The van der Waals surface area contributed by atoms with Crippen LogP contribution in [0.3, 0.4) is 0 Å². The second-order valence-electron chi connectivity index (χ2n) is 4.63. The minimum Gasteiger partial charge on any atom is -0.332 e. The summed E-state index contributed by atoms with van der Waals surface area (Å²) in [7, 11) is 0. The Morgan fingerprint density at radius 3 is 2.71 bits per heavy atom. The predicted molar refractivity (Wildman–Crippen MR) is 80.5 cm³/mol. The van der Waals surface area contributed by atoms with Crippen LogP contribution in [-0.4, -0.2) is 6.04 Å². The molecule has 0 spiro atoms. The van der Waals surface area contributed by atoms with Gasteiger partial charge < -0.3 is 10.0 Å². The lowest BCUT2D eigenvalue weighted by atomic mass is 9.95. The first kappa shape index (κ1) is 13.2. The first-order valence-corrected chi connectivity index (χ1v) is 7.45. The van der Waals surface area contributed by atoms with Gasteiger partial charge in [-0.05, 0) is 36.6 Å². The fourth-order valence-corrected chi connectivity index (χ4v) is 3.01. The molecule has 1 aromatic carbocycles. The summed E-state index contributed by atoms with van der Waals surface area (Å²) in [6, 6.07) is 6.92. The largest absolute Gasteiger partial charge is 0.332 e. The Bertz CT molecular complexity index is 364. The van der Waals surface area contributed by atoms with Crippen LogP contribution in [0.4, 0.5) is 5.69 Å². The van der Waals surface area contributed by atoms with E-state index < -0.39 is 0 Å². The third-order valence-corrected chi connectivity index (χ3v) is 4.11. The Hall–Kier alpha value is -0.190. The fourth-order valence-electron chi connectivity index (χ4n) is 2.38. The summed E-state index contributed by atoms with van der Waals surface area (Å²) in [4.78, 5) is 0. The Balaban J connectivity index is 1.95. The van der Waals surface area contributed by atoms with Gasteiger partial charge in [0.15, 0.2) is 0 Å². The summed E-state index contributed by atoms with van der Waals surface area (Å²) in [5.74, 6) is 0. The van der Waals surface area contributed by atoms with Gasteiger partial charge in [-0.1, -0.05) is 48.0 Å². The maximum Gasteiger partial charge on any atom is 0.0483 e. The molecule has 2 nitrogen and oxygen atoms in total. The van der Waals surface area contributed by atoms with Crippen molar-refractivity contribution in [3.8, 4) is 0 Å². The number of rotatable bonds is 4. The molecule has 0 saturated heterocycles. The molecule has 0 bridgehead atoms. The molecule has 0 heterocycles. The molecule has 2 rings (SSSR count). The van der Waals surface area contributed by atoms with E-state index in [9.17, 15) is 0 Å². The van der Waals surface area contributed by atoms with E-state index in [4.69, 9.17) is 0 Å². The Kier molecular flexibility index (Phi) is 5.19. The van der Waals surface area contributed by atoms with Crippen LogP contribution in [0.2, 0.25) is 0 Å². The zero-order valence-electron chi connectivity index (χ0n) is 9.88. The zero-order valence-corrected chi connectivity index (χ0v) is 12.4. The minimum absolute atomic E-state index is 0.690. The highest BCUT2D eigenvalue weighted by Crippen LogP contribution is 2.23. The van der Waals surface area contributed by atoms with Gasteiger partial charge in [-0.25, -0.2) is 0 Å². The van der Waals surface area contributed by atoms with Crippen molar-refractivity contribution < 1.29 is 0 Å². The minimum atomic E-state index is 0.690. The molecule has 1 aromatic rings. The second kappa shape index (κ2) is 6.66. The number of benzene rings is 1. The van der Waals surface area contributed by atoms with Crippen molar-refractivity contribution in [2.75, 3.05) is 4.72 Å². The van der Waals surface area contributed by atoms with E-state index in [-0.39, 0.29) is 0 Å². The third kappa shape index (κ3) is 3.90. The molecule has 4 heteroatoms. The van der Waals surface area contributed by atoms with Crippen molar-refractivity contribution in [3.05, 3.63) is 28.2 Å². The van der Waals surface area contributed by atoms with Gasteiger partial charge in [0.05, 0.1) is 0 Å². The SMILES string of the molecule is SNc1ccc(Br)cc1CNC1CCCCC1. The van der Waals surface area contributed by atoms with E-state index in [1.54, 1.807) is 0 Å². The summed E-state index contributed by atoms with van der Waals surface area (Å²) < 4.78 is 4.06. The maximum atomic E-state index is 4.14. The summed E-state index contributed by atoms with van der Waals surface area (Å²) >= 11 is 7.65. The molecule has 0 atom stereocenters. The maximum absolute atomic E-state index is 4.14. The molecule has 0 unspecified atom stereocenters. The Morgan fingerprint density at radius 2 is 2.00 bits per heavy atom. The van der Waals surface area contributed by atoms with Crippen molar-refractivity contribution in [1.82, 2.24) is 5.32 Å². The standard InChI is InChI=1S/C13H19BrN2S/c14-11-6-7-13(16-17)10(8-11)9-15-12-4-2-1-3-5-12/h6-8,12,15-17H,1-5,9H2. The number of hydrogen-bond acceptors (Lipinski definition) is 3. The Morgan fingerprint density at radius 1 is 1.24 bits per heavy atom. The molecule has 2 N–H and O–H groups in total. The van der Waals surface area contributed by atoms with Crippen molar-refractivity contribution in [2.24, 2.45) is 0 Å². The number of hydrogen-bond donors (Lipinski definition) is 3. The van der Waals surface area contributed by atoms with Gasteiger partial charge >= 0.3 is 0 Å². The number of halogens is 1. The van der Waals surface area contributed by atoms with E-state index >= 15 is 0 Å². The average molecular weight is 315 g/mol. The quantitative estimate of drug-likeness (QED) is 0.728. The molecular formula is C13H19BrN2S. The lowest BCUT2D eigenvalue weighted by Crippen LogP contribution is -2.30. The summed E-state index contributed by atoms with van der Waals surface area (Å²) in [5, 5.41) is 3.65. The first-order valence-electron chi connectivity index (χ1n) is 6.21. The number of nitrogens with one attached hydrogen (secondary N) is 2. The van der Waals surface area contributed by atoms with E-state index in [0.29, 0.717) is 6.04 Å². The zero-order chi connectivity index (χ0) is 12.1. The second-order valence-corrected chi connectivity index (χ2v) is 5.77. The first-order chi connectivity index (χ1) is 8.29. The van der Waals surface area contributed by atoms with Crippen LogP contribution in [0.5, 0.6) is 0 Å². The van der Waals surface area contributed by atoms with E-state index in [0.717, 1.165) is 16.7 Å². The van der Waals surface area contributed by atoms with Crippen molar-refractivity contribution >= 4 is 34.4 Å². The summed E-state index contributed by atoms with van der Waals surface area (Å²) in [5.41, 5.74) is 2.35. The number of anilines is 1. The van der Waals surface area contributed by atoms with Crippen LogP contribution in [0.1, 0.15) is 37.7 Å². The molecule has 1 aliphatic rings. The van der Waals surface area contributed by atoms with Crippen molar-refractivity contribution in [2.45, 2.75) is 44.7 Å². The average Bonchev–Trinajstić information content (AvgIpc) is 2.38. The molecule has 1 fully saturated rings. The summed E-state index contributed by atoms with van der Waals surface area (Å²) in [6.07, 6.45) is 6.77. The van der Waals surface area contributed by atoms with Crippen molar-refractivity contribution in [1.29, 1.82) is 0 Å². The lowest BCUT2D eigenvalue weighted by Gasteiger charge is -2.23. The van der Waals surface area contributed by atoms with Crippen LogP contribution in [0, 0.1) is 0 Å².